The summed E-state index contributed by atoms with van der Waals surface area (Å²) < 4.78 is 13.9. The van der Waals surface area contributed by atoms with E-state index in [-0.39, 0.29) is 11.9 Å². The van der Waals surface area contributed by atoms with Crippen LogP contribution in [0.25, 0.3) is 0 Å². The third-order valence-electron chi connectivity index (χ3n) is 3.44. The smallest absolute Gasteiger partial charge is 0.124 e. The molecular formula is C14H22BrFN2. The highest BCUT2D eigenvalue weighted by atomic mass is 79.9. The van der Waals surface area contributed by atoms with E-state index >= 15 is 0 Å². The minimum Gasteiger partial charge on any atom is -0.329 e. The molecule has 4 heteroatoms. The lowest BCUT2D eigenvalue weighted by Gasteiger charge is -2.33. The monoisotopic (exact) mass is 316 g/mol. The molecule has 0 spiro atoms. The quantitative estimate of drug-likeness (QED) is 0.867. The van der Waals surface area contributed by atoms with Crippen LogP contribution in [0.15, 0.2) is 22.7 Å². The van der Waals surface area contributed by atoms with Crippen LogP contribution in [0.5, 0.6) is 0 Å². The summed E-state index contributed by atoms with van der Waals surface area (Å²) >= 11 is 3.42. The molecule has 0 bridgehead atoms. The Hall–Kier alpha value is -0.450. The number of likely N-dealkylation sites (N-methyl/N-ethyl adjacent to an activating group) is 1. The zero-order valence-corrected chi connectivity index (χ0v) is 12.9. The van der Waals surface area contributed by atoms with Crippen LogP contribution < -0.4 is 5.73 Å². The molecule has 0 aliphatic carbocycles. The maximum absolute atomic E-state index is 13.1. The second-order valence-corrected chi connectivity index (χ2v) is 5.57. The maximum atomic E-state index is 13.1. The Bertz CT molecular complexity index is 384. The van der Waals surface area contributed by atoms with Gasteiger partial charge in [0, 0.05) is 23.1 Å². The number of nitrogens with two attached hydrogens (primary N) is 1. The molecule has 0 saturated heterocycles. The van der Waals surface area contributed by atoms with Gasteiger partial charge in [0.05, 0.1) is 0 Å². The number of halogens is 2. The van der Waals surface area contributed by atoms with Gasteiger partial charge in [0.2, 0.25) is 0 Å². The van der Waals surface area contributed by atoms with Gasteiger partial charge in [-0.15, -0.1) is 0 Å². The van der Waals surface area contributed by atoms with Crippen LogP contribution in [-0.4, -0.2) is 24.5 Å². The number of nitrogens with zero attached hydrogens (tertiary/aromatic N) is 1. The van der Waals surface area contributed by atoms with E-state index in [1.165, 1.54) is 12.1 Å². The highest BCUT2D eigenvalue weighted by Gasteiger charge is 2.21. The zero-order valence-electron chi connectivity index (χ0n) is 11.3. The topological polar surface area (TPSA) is 29.3 Å². The normalized spacial score (nSPS) is 14.8. The third-order valence-corrected chi connectivity index (χ3v) is 4.12. The second kappa shape index (κ2) is 7.22. The molecule has 2 atom stereocenters. The summed E-state index contributed by atoms with van der Waals surface area (Å²) in [5, 5.41) is 0. The lowest BCUT2D eigenvalue weighted by Crippen LogP contribution is -2.37. The molecule has 0 heterocycles. The SMILES string of the molecule is CCCC(C)N(C)C(CN)c1ccc(F)cc1Br. The van der Waals surface area contributed by atoms with Gasteiger partial charge in [0.15, 0.2) is 0 Å². The summed E-state index contributed by atoms with van der Waals surface area (Å²) in [6.07, 6.45) is 2.28. The predicted octanol–water partition coefficient (Wildman–Crippen LogP) is 3.71. The van der Waals surface area contributed by atoms with Crippen molar-refractivity contribution in [3.8, 4) is 0 Å². The van der Waals surface area contributed by atoms with E-state index < -0.39 is 0 Å². The average molecular weight is 317 g/mol. The molecule has 0 aliphatic heterocycles. The number of rotatable bonds is 6. The summed E-state index contributed by atoms with van der Waals surface area (Å²) in [7, 11) is 2.08. The minimum absolute atomic E-state index is 0.113. The van der Waals surface area contributed by atoms with Crippen molar-refractivity contribution in [1.82, 2.24) is 4.90 Å². The summed E-state index contributed by atoms with van der Waals surface area (Å²) in [5.41, 5.74) is 6.94. The van der Waals surface area contributed by atoms with Crippen molar-refractivity contribution in [3.05, 3.63) is 34.1 Å². The molecule has 2 unspecified atom stereocenters. The van der Waals surface area contributed by atoms with E-state index in [0.717, 1.165) is 22.9 Å². The van der Waals surface area contributed by atoms with E-state index in [4.69, 9.17) is 5.73 Å². The Morgan fingerprint density at radius 3 is 2.61 bits per heavy atom. The Morgan fingerprint density at radius 2 is 2.11 bits per heavy atom. The van der Waals surface area contributed by atoms with Gasteiger partial charge < -0.3 is 5.73 Å². The van der Waals surface area contributed by atoms with Crippen LogP contribution in [0.4, 0.5) is 4.39 Å². The summed E-state index contributed by atoms with van der Waals surface area (Å²) in [6, 6.07) is 5.37. The Balaban J connectivity index is 2.94. The molecule has 1 aromatic carbocycles. The van der Waals surface area contributed by atoms with Crippen molar-refractivity contribution < 1.29 is 4.39 Å². The first-order valence-electron chi connectivity index (χ1n) is 6.38. The highest BCUT2D eigenvalue weighted by Crippen LogP contribution is 2.29. The minimum atomic E-state index is -0.231. The average Bonchev–Trinajstić information content (AvgIpc) is 2.32. The summed E-state index contributed by atoms with van der Waals surface area (Å²) in [4.78, 5) is 2.27. The Labute approximate surface area is 117 Å². The fourth-order valence-electron chi connectivity index (χ4n) is 2.21. The van der Waals surface area contributed by atoms with Gasteiger partial charge >= 0.3 is 0 Å². The maximum Gasteiger partial charge on any atom is 0.124 e. The molecule has 18 heavy (non-hydrogen) atoms. The van der Waals surface area contributed by atoms with Gasteiger partial charge in [-0.05, 0) is 38.1 Å². The zero-order chi connectivity index (χ0) is 13.7. The molecular weight excluding hydrogens is 295 g/mol. The predicted molar refractivity (Wildman–Crippen MR) is 78.0 cm³/mol. The molecule has 1 rings (SSSR count). The van der Waals surface area contributed by atoms with Crippen molar-refractivity contribution in [1.29, 1.82) is 0 Å². The second-order valence-electron chi connectivity index (χ2n) is 4.72. The van der Waals surface area contributed by atoms with Crippen molar-refractivity contribution >= 4 is 15.9 Å². The van der Waals surface area contributed by atoms with Gasteiger partial charge in [0.25, 0.3) is 0 Å². The third kappa shape index (κ3) is 3.77. The molecule has 0 aliphatic rings. The molecule has 0 fully saturated rings. The standard InChI is InChI=1S/C14H22BrFN2/c1-4-5-10(2)18(3)14(9-17)12-7-6-11(16)8-13(12)15/h6-8,10,14H,4-5,9,17H2,1-3H3. The highest BCUT2D eigenvalue weighted by molar-refractivity contribution is 9.10. The van der Waals surface area contributed by atoms with Gasteiger partial charge in [0.1, 0.15) is 5.82 Å². The Kier molecular flexibility index (Phi) is 6.26. The first kappa shape index (κ1) is 15.6. The van der Waals surface area contributed by atoms with Gasteiger partial charge in [-0.2, -0.15) is 0 Å². The van der Waals surface area contributed by atoms with Crippen LogP contribution in [0, 0.1) is 5.82 Å². The molecule has 0 saturated carbocycles. The lowest BCUT2D eigenvalue weighted by molar-refractivity contribution is 0.179. The molecule has 0 amide bonds. The lowest BCUT2D eigenvalue weighted by atomic mass is 10.0. The fraction of sp³-hybridized carbons (Fsp3) is 0.571. The number of hydrogen-bond acceptors (Lipinski definition) is 2. The molecule has 102 valence electrons. The molecule has 2 N–H and O–H groups in total. The number of benzene rings is 1. The van der Waals surface area contributed by atoms with Gasteiger partial charge in [-0.25, -0.2) is 4.39 Å². The number of hydrogen-bond donors (Lipinski definition) is 1. The van der Waals surface area contributed by atoms with Gasteiger partial charge in [-0.1, -0.05) is 35.3 Å². The summed E-state index contributed by atoms with van der Waals surface area (Å²) in [6.45, 7) is 4.90. The van der Waals surface area contributed by atoms with Crippen LogP contribution in [0.3, 0.4) is 0 Å². The van der Waals surface area contributed by atoms with Crippen LogP contribution in [-0.2, 0) is 0 Å². The van der Waals surface area contributed by atoms with Crippen LogP contribution in [0.2, 0.25) is 0 Å². The van der Waals surface area contributed by atoms with Crippen molar-refractivity contribution in [3.63, 3.8) is 0 Å². The van der Waals surface area contributed by atoms with Crippen LogP contribution in [0.1, 0.15) is 38.3 Å². The molecule has 0 aromatic heterocycles. The first-order valence-corrected chi connectivity index (χ1v) is 7.17. The van der Waals surface area contributed by atoms with E-state index in [2.05, 4.69) is 41.7 Å². The van der Waals surface area contributed by atoms with Crippen LogP contribution >= 0.6 is 15.9 Å². The molecule has 0 radical (unpaired) electrons. The van der Waals surface area contributed by atoms with E-state index in [0.29, 0.717) is 12.6 Å². The van der Waals surface area contributed by atoms with Crippen molar-refractivity contribution in [2.24, 2.45) is 5.73 Å². The van der Waals surface area contributed by atoms with Crippen molar-refractivity contribution in [2.75, 3.05) is 13.6 Å². The summed E-state index contributed by atoms with van der Waals surface area (Å²) in [5.74, 6) is -0.231. The van der Waals surface area contributed by atoms with Crippen molar-refractivity contribution in [2.45, 2.75) is 38.8 Å². The molecule has 2 nitrogen and oxygen atoms in total. The molecule has 1 aromatic rings. The van der Waals surface area contributed by atoms with E-state index in [9.17, 15) is 4.39 Å². The van der Waals surface area contributed by atoms with E-state index in [1.54, 1.807) is 0 Å². The fourth-order valence-corrected chi connectivity index (χ4v) is 2.83. The Morgan fingerprint density at radius 1 is 1.44 bits per heavy atom. The van der Waals surface area contributed by atoms with E-state index in [1.807, 2.05) is 6.07 Å². The first-order chi connectivity index (χ1) is 8.51. The van der Waals surface area contributed by atoms with Gasteiger partial charge in [-0.3, -0.25) is 4.90 Å². The largest absolute Gasteiger partial charge is 0.329 e.